The zero-order valence-corrected chi connectivity index (χ0v) is 16.5. The Hall–Kier alpha value is -2.60. The standard InChI is InChI=1S/C21H23ClN2O4/c1-2-28-20(26)21(13-16-6-3-8-18(22)12-16)9-5-10-23(15-21)19(25)17-7-4-11-24(27)14-17/h3-4,6-8,11-12,14H,2,5,9-10,13,15H2,1H3/t21-/m0/s1. The van der Waals surface area contributed by atoms with Crippen molar-refractivity contribution in [2.45, 2.75) is 26.2 Å². The van der Waals surface area contributed by atoms with Crippen molar-refractivity contribution in [3.63, 3.8) is 0 Å². The van der Waals surface area contributed by atoms with Crippen LogP contribution in [0.2, 0.25) is 5.02 Å². The summed E-state index contributed by atoms with van der Waals surface area (Å²) in [5, 5.41) is 12.1. The highest BCUT2D eigenvalue weighted by molar-refractivity contribution is 6.30. The van der Waals surface area contributed by atoms with Crippen molar-refractivity contribution in [2.24, 2.45) is 5.41 Å². The maximum Gasteiger partial charge on any atom is 0.314 e. The summed E-state index contributed by atoms with van der Waals surface area (Å²) in [6.07, 6.45) is 4.31. The molecule has 2 aromatic rings. The Bertz CT molecular complexity index is 873. The molecule has 1 atom stereocenters. The van der Waals surface area contributed by atoms with Gasteiger partial charge in [0.1, 0.15) is 5.56 Å². The van der Waals surface area contributed by atoms with Gasteiger partial charge in [-0.3, -0.25) is 9.59 Å². The van der Waals surface area contributed by atoms with Crippen molar-refractivity contribution < 1.29 is 19.1 Å². The number of amides is 1. The van der Waals surface area contributed by atoms with Crippen LogP contribution in [-0.2, 0) is 16.0 Å². The summed E-state index contributed by atoms with van der Waals surface area (Å²) in [6, 6.07) is 10.5. The van der Waals surface area contributed by atoms with E-state index >= 15 is 0 Å². The fourth-order valence-corrected chi connectivity index (χ4v) is 3.99. The van der Waals surface area contributed by atoms with Crippen LogP contribution in [0.15, 0.2) is 48.8 Å². The summed E-state index contributed by atoms with van der Waals surface area (Å²) in [7, 11) is 0. The smallest absolute Gasteiger partial charge is 0.314 e. The monoisotopic (exact) mass is 402 g/mol. The summed E-state index contributed by atoms with van der Waals surface area (Å²) in [5.74, 6) is -0.566. The topological polar surface area (TPSA) is 73.5 Å². The second-order valence-corrected chi connectivity index (χ2v) is 7.53. The van der Waals surface area contributed by atoms with Crippen molar-refractivity contribution in [1.82, 2.24) is 4.90 Å². The molecule has 3 rings (SSSR count). The molecule has 0 bridgehead atoms. The highest BCUT2D eigenvalue weighted by Crippen LogP contribution is 2.36. The number of aromatic nitrogens is 1. The number of carbonyl (C=O) groups excluding carboxylic acids is 2. The number of piperidine rings is 1. The quantitative estimate of drug-likeness (QED) is 0.438. The van der Waals surface area contributed by atoms with Crippen LogP contribution in [0.5, 0.6) is 0 Å². The van der Waals surface area contributed by atoms with Crippen LogP contribution < -0.4 is 4.73 Å². The van der Waals surface area contributed by atoms with Crippen molar-refractivity contribution in [2.75, 3.05) is 19.7 Å². The first-order chi connectivity index (χ1) is 13.4. The number of nitrogens with zero attached hydrogens (tertiary/aromatic N) is 2. The van der Waals surface area contributed by atoms with E-state index in [0.29, 0.717) is 41.1 Å². The van der Waals surface area contributed by atoms with E-state index in [2.05, 4.69) is 0 Å². The molecular weight excluding hydrogens is 380 g/mol. The Labute approximate surface area is 169 Å². The molecule has 7 heteroatoms. The van der Waals surface area contributed by atoms with Gasteiger partial charge in [0, 0.05) is 24.2 Å². The molecule has 1 fully saturated rings. The molecule has 2 heterocycles. The minimum Gasteiger partial charge on any atom is -0.619 e. The van der Waals surface area contributed by atoms with Gasteiger partial charge in [0.15, 0.2) is 12.4 Å². The number of halogens is 1. The summed E-state index contributed by atoms with van der Waals surface area (Å²) in [6.45, 7) is 2.82. The van der Waals surface area contributed by atoms with E-state index in [1.807, 2.05) is 18.2 Å². The zero-order chi connectivity index (χ0) is 20.1. The Balaban J connectivity index is 1.88. The first kappa shape index (κ1) is 20.1. The Morgan fingerprint density at radius 2 is 2.14 bits per heavy atom. The molecular formula is C21H23ClN2O4. The number of esters is 1. The zero-order valence-electron chi connectivity index (χ0n) is 15.8. The van der Waals surface area contributed by atoms with Gasteiger partial charge < -0.3 is 14.8 Å². The van der Waals surface area contributed by atoms with Gasteiger partial charge in [-0.2, -0.15) is 4.73 Å². The predicted molar refractivity (Wildman–Crippen MR) is 105 cm³/mol. The Morgan fingerprint density at radius 1 is 1.32 bits per heavy atom. The number of rotatable bonds is 5. The van der Waals surface area contributed by atoms with Crippen LogP contribution in [0, 0.1) is 10.6 Å². The lowest BCUT2D eigenvalue weighted by atomic mass is 9.75. The highest BCUT2D eigenvalue weighted by atomic mass is 35.5. The third-order valence-electron chi connectivity index (χ3n) is 5.03. The molecule has 1 aromatic carbocycles. The molecule has 1 aromatic heterocycles. The summed E-state index contributed by atoms with van der Waals surface area (Å²) < 4.78 is 5.98. The second kappa shape index (κ2) is 8.61. The summed E-state index contributed by atoms with van der Waals surface area (Å²) >= 11 is 6.11. The van der Waals surface area contributed by atoms with Crippen LogP contribution in [-0.4, -0.2) is 36.5 Å². The van der Waals surface area contributed by atoms with Gasteiger partial charge in [-0.25, -0.2) is 0 Å². The molecule has 1 amide bonds. The number of pyridine rings is 1. The molecule has 0 radical (unpaired) electrons. The average molecular weight is 403 g/mol. The number of ether oxygens (including phenoxy) is 1. The van der Waals surface area contributed by atoms with Crippen LogP contribution >= 0.6 is 11.6 Å². The first-order valence-corrected chi connectivity index (χ1v) is 9.71. The normalized spacial score (nSPS) is 19.3. The number of hydrogen-bond donors (Lipinski definition) is 0. The number of likely N-dealkylation sites (tertiary alicyclic amines) is 1. The molecule has 1 aliphatic rings. The third kappa shape index (κ3) is 4.44. The van der Waals surface area contributed by atoms with Gasteiger partial charge in [0.05, 0.1) is 12.0 Å². The molecule has 148 valence electrons. The van der Waals surface area contributed by atoms with E-state index in [4.69, 9.17) is 16.3 Å². The van der Waals surface area contributed by atoms with Gasteiger partial charge in [-0.15, -0.1) is 0 Å². The van der Waals surface area contributed by atoms with Crippen molar-refractivity contribution >= 4 is 23.5 Å². The minimum absolute atomic E-state index is 0.241. The van der Waals surface area contributed by atoms with Crippen LogP contribution in [0.4, 0.5) is 0 Å². The lowest BCUT2D eigenvalue weighted by Gasteiger charge is -2.41. The van der Waals surface area contributed by atoms with Gasteiger partial charge in [0.25, 0.3) is 5.91 Å². The predicted octanol–water partition coefficient (Wildman–Crippen LogP) is 3.00. The van der Waals surface area contributed by atoms with Crippen molar-refractivity contribution in [3.05, 3.63) is 70.1 Å². The summed E-state index contributed by atoms with van der Waals surface area (Å²) in [4.78, 5) is 27.5. The first-order valence-electron chi connectivity index (χ1n) is 9.33. The summed E-state index contributed by atoms with van der Waals surface area (Å²) in [5.41, 5.74) is 0.392. The molecule has 1 aliphatic heterocycles. The maximum absolute atomic E-state index is 12.9. The van der Waals surface area contributed by atoms with Gasteiger partial charge in [0.2, 0.25) is 0 Å². The Morgan fingerprint density at radius 3 is 2.86 bits per heavy atom. The van der Waals surface area contributed by atoms with E-state index in [-0.39, 0.29) is 25.0 Å². The second-order valence-electron chi connectivity index (χ2n) is 7.09. The van der Waals surface area contributed by atoms with Crippen LogP contribution in [0.1, 0.15) is 35.7 Å². The third-order valence-corrected chi connectivity index (χ3v) is 5.26. The van der Waals surface area contributed by atoms with Crippen molar-refractivity contribution in [1.29, 1.82) is 0 Å². The van der Waals surface area contributed by atoms with Gasteiger partial charge in [-0.1, -0.05) is 23.7 Å². The van der Waals surface area contributed by atoms with E-state index < -0.39 is 5.41 Å². The van der Waals surface area contributed by atoms with E-state index in [1.54, 1.807) is 24.0 Å². The maximum atomic E-state index is 12.9. The van der Waals surface area contributed by atoms with E-state index in [9.17, 15) is 14.8 Å². The molecule has 6 nitrogen and oxygen atoms in total. The van der Waals surface area contributed by atoms with E-state index in [1.165, 1.54) is 18.5 Å². The molecule has 0 N–H and O–H groups in total. The van der Waals surface area contributed by atoms with Gasteiger partial charge in [-0.05, 0) is 49.9 Å². The molecule has 1 saturated heterocycles. The molecule has 0 saturated carbocycles. The fourth-order valence-electron chi connectivity index (χ4n) is 3.77. The van der Waals surface area contributed by atoms with Gasteiger partial charge >= 0.3 is 5.97 Å². The molecule has 0 spiro atoms. The Kier molecular flexibility index (Phi) is 6.19. The molecule has 28 heavy (non-hydrogen) atoms. The number of hydrogen-bond acceptors (Lipinski definition) is 4. The number of carbonyl (C=O) groups is 2. The molecule has 0 aliphatic carbocycles. The highest BCUT2D eigenvalue weighted by Gasteiger charge is 2.45. The molecule has 0 unspecified atom stereocenters. The SMILES string of the molecule is CCOC(=O)[C@]1(Cc2cccc(Cl)c2)CCCN(C(=O)c2ccc[n+]([O-])c2)C1. The van der Waals surface area contributed by atoms with Crippen molar-refractivity contribution in [3.8, 4) is 0 Å². The largest absolute Gasteiger partial charge is 0.619 e. The lowest BCUT2D eigenvalue weighted by molar-refractivity contribution is -0.605. The van der Waals surface area contributed by atoms with Crippen LogP contribution in [0.3, 0.4) is 0 Å². The average Bonchev–Trinajstić information content (AvgIpc) is 2.68. The number of benzene rings is 1. The lowest BCUT2D eigenvalue weighted by Crippen LogP contribution is -2.51. The minimum atomic E-state index is -0.836. The van der Waals surface area contributed by atoms with Crippen LogP contribution in [0.25, 0.3) is 0 Å². The fraction of sp³-hybridized carbons (Fsp3) is 0.381. The van der Waals surface area contributed by atoms with E-state index in [0.717, 1.165) is 5.56 Å².